The van der Waals surface area contributed by atoms with Gasteiger partial charge in [0.25, 0.3) is 0 Å². The quantitative estimate of drug-likeness (QED) is 0.317. The molecule has 1 atom stereocenters. The van der Waals surface area contributed by atoms with E-state index in [9.17, 15) is 10.1 Å². The monoisotopic (exact) mass is 149 g/mol. The van der Waals surface area contributed by atoms with E-state index in [0.717, 1.165) is 12.2 Å². The first kappa shape index (κ1) is 6.82. The Kier molecular flexibility index (Phi) is 2.29. The van der Waals surface area contributed by atoms with E-state index >= 15 is 0 Å². The average Bonchev–Trinajstić information content (AvgIpc) is 1.90. The van der Waals surface area contributed by atoms with Gasteiger partial charge < -0.3 is 0 Å². The van der Waals surface area contributed by atoms with Gasteiger partial charge in [-0.15, -0.1) is 0 Å². The molecule has 52 valence electrons. The molecule has 0 N–H and O–H groups in total. The number of rotatable bonds is 1. The maximum atomic E-state index is 10.0. The molecule has 0 amide bonds. The molecule has 1 unspecified atom stereocenters. The zero-order chi connectivity index (χ0) is 6.69. The SMILES string of the molecule is O=[N+]([O-])C1CCCSO1. The molecule has 0 aromatic carbocycles. The second-order valence-corrected chi connectivity index (χ2v) is 2.64. The molecule has 4 nitrogen and oxygen atoms in total. The van der Waals surface area contributed by atoms with Crippen LogP contribution < -0.4 is 0 Å². The Balaban J connectivity index is 2.31. The first-order valence-corrected chi connectivity index (χ1v) is 3.63. The highest BCUT2D eigenvalue weighted by molar-refractivity contribution is 7.94. The van der Waals surface area contributed by atoms with Gasteiger partial charge in [-0.05, 0) is 18.5 Å². The number of nitro groups is 1. The minimum Gasteiger partial charge on any atom is -0.262 e. The largest absolute Gasteiger partial charge is 0.325 e. The van der Waals surface area contributed by atoms with Crippen LogP contribution in [0.4, 0.5) is 0 Å². The summed E-state index contributed by atoms with van der Waals surface area (Å²) in [5, 5.41) is 10.0. The summed E-state index contributed by atoms with van der Waals surface area (Å²) < 4.78 is 4.76. The van der Waals surface area contributed by atoms with Gasteiger partial charge in [0, 0.05) is 12.2 Å². The van der Waals surface area contributed by atoms with Gasteiger partial charge in [-0.2, -0.15) is 0 Å². The summed E-state index contributed by atoms with van der Waals surface area (Å²) in [4.78, 5) is 9.64. The van der Waals surface area contributed by atoms with Crippen LogP contribution in [0.3, 0.4) is 0 Å². The summed E-state index contributed by atoms with van der Waals surface area (Å²) in [7, 11) is 0. The van der Waals surface area contributed by atoms with E-state index in [4.69, 9.17) is 4.18 Å². The number of hydrogen-bond donors (Lipinski definition) is 0. The molecular formula is C4H7NO3S. The molecule has 1 saturated heterocycles. The van der Waals surface area contributed by atoms with Gasteiger partial charge >= 0.3 is 6.23 Å². The van der Waals surface area contributed by atoms with Crippen molar-refractivity contribution in [3.8, 4) is 0 Å². The molecule has 1 fully saturated rings. The van der Waals surface area contributed by atoms with E-state index < -0.39 is 6.23 Å². The molecule has 0 aromatic rings. The third kappa shape index (κ3) is 1.83. The van der Waals surface area contributed by atoms with Gasteiger partial charge in [-0.25, -0.2) is 4.18 Å². The first-order valence-electron chi connectivity index (χ1n) is 2.72. The van der Waals surface area contributed by atoms with Crippen molar-refractivity contribution in [2.45, 2.75) is 19.1 Å². The first-order chi connectivity index (χ1) is 4.30. The highest BCUT2D eigenvalue weighted by atomic mass is 32.2. The predicted octanol–water partition coefficient (Wildman–Crippen LogP) is 1.05. The van der Waals surface area contributed by atoms with E-state index in [-0.39, 0.29) is 4.92 Å². The van der Waals surface area contributed by atoms with Crippen molar-refractivity contribution >= 4 is 12.0 Å². The van der Waals surface area contributed by atoms with Crippen molar-refractivity contribution in [3.05, 3.63) is 10.1 Å². The maximum absolute atomic E-state index is 10.0. The molecule has 9 heavy (non-hydrogen) atoms. The van der Waals surface area contributed by atoms with Gasteiger partial charge in [-0.3, -0.25) is 10.1 Å². The lowest BCUT2D eigenvalue weighted by Gasteiger charge is -2.12. The van der Waals surface area contributed by atoms with E-state index in [1.807, 2.05) is 0 Å². The van der Waals surface area contributed by atoms with E-state index in [2.05, 4.69) is 0 Å². The van der Waals surface area contributed by atoms with Crippen LogP contribution >= 0.6 is 12.0 Å². The molecule has 0 bridgehead atoms. The molecule has 1 aliphatic rings. The fraction of sp³-hybridized carbons (Fsp3) is 1.00. The highest BCUT2D eigenvalue weighted by Gasteiger charge is 2.23. The van der Waals surface area contributed by atoms with Crippen LogP contribution in [0.25, 0.3) is 0 Å². The Morgan fingerprint density at radius 2 is 2.56 bits per heavy atom. The summed E-state index contributed by atoms with van der Waals surface area (Å²) in [6.45, 7) is 0. The molecule has 0 saturated carbocycles. The summed E-state index contributed by atoms with van der Waals surface area (Å²) in [5.41, 5.74) is 0. The van der Waals surface area contributed by atoms with Gasteiger partial charge in [0.15, 0.2) is 0 Å². The van der Waals surface area contributed by atoms with Crippen LogP contribution in [0.15, 0.2) is 0 Å². The molecule has 0 aliphatic carbocycles. The lowest BCUT2D eigenvalue weighted by atomic mass is 10.3. The maximum Gasteiger partial charge on any atom is 0.325 e. The molecule has 1 heterocycles. The van der Waals surface area contributed by atoms with E-state index in [1.165, 1.54) is 12.0 Å². The smallest absolute Gasteiger partial charge is 0.262 e. The average molecular weight is 149 g/mol. The number of nitrogens with zero attached hydrogens (tertiary/aromatic N) is 1. The van der Waals surface area contributed by atoms with Gasteiger partial charge in [-0.1, -0.05) is 0 Å². The standard InChI is InChI=1S/C4H7NO3S/c6-5(7)4-2-1-3-9-8-4/h4H,1-3H2. The van der Waals surface area contributed by atoms with Crippen molar-refractivity contribution < 1.29 is 9.11 Å². The van der Waals surface area contributed by atoms with Crippen molar-refractivity contribution in [3.63, 3.8) is 0 Å². The Hall–Kier alpha value is -0.290. The normalized spacial score (nSPS) is 27.8. The predicted molar refractivity (Wildman–Crippen MR) is 33.6 cm³/mol. The van der Waals surface area contributed by atoms with Crippen LogP contribution in [0.5, 0.6) is 0 Å². The summed E-state index contributed by atoms with van der Waals surface area (Å²) in [6.07, 6.45) is 0.680. The molecule has 0 radical (unpaired) electrons. The van der Waals surface area contributed by atoms with Crippen molar-refractivity contribution in [2.24, 2.45) is 0 Å². The van der Waals surface area contributed by atoms with Crippen molar-refractivity contribution in [1.29, 1.82) is 0 Å². The molecule has 5 heteroatoms. The minimum absolute atomic E-state index is 0.383. The Bertz CT molecular complexity index is 112. The fourth-order valence-corrected chi connectivity index (χ4v) is 1.34. The van der Waals surface area contributed by atoms with E-state index in [1.54, 1.807) is 0 Å². The third-order valence-electron chi connectivity index (χ3n) is 1.09. The Morgan fingerprint density at radius 1 is 1.78 bits per heavy atom. The zero-order valence-electron chi connectivity index (χ0n) is 4.78. The molecule has 0 aromatic heterocycles. The topological polar surface area (TPSA) is 52.4 Å². The molecule has 1 rings (SSSR count). The Labute approximate surface area is 56.9 Å². The highest BCUT2D eigenvalue weighted by Crippen LogP contribution is 2.20. The Morgan fingerprint density at radius 3 is 2.89 bits per heavy atom. The lowest BCUT2D eigenvalue weighted by Crippen LogP contribution is -2.23. The summed E-state index contributed by atoms with van der Waals surface area (Å²) in [6, 6.07) is 0. The fourth-order valence-electron chi connectivity index (χ4n) is 0.632. The van der Waals surface area contributed by atoms with Gasteiger partial charge in [0.2, 0.25) is 0 Å². The summed E-state index contributed by atoms with van der Waals surface area (Å²) >= 11 is 1.19. The third-order valence-corrected chi connectivity index (χ3v) is 1.91. The van der Waals surface area contributed by atoms with Crippen molar-refractivity contribution in [2.75, 3.05) is 5.75 Å². The van der Waals surface area contributed by atoms with E-state index in [0.29, 0.717) is 6.42 Å². The lowest BCUT2D eigenvalue weighted by molar-refractivity contribution is -0.563. The molecule has 1 aliphatic heterocycles. The molecule has 0 spiro atoms. The second-order valence-electron chi connectivity index (χ2n) is 1.80. The van der Waals surface area contributed by atoms with Gasteiger partial charge in [0.05, 0.1) is 4.92 Å². The van der Waals surface area contributed by atoms with Crippen LogP contribution in [0.1, 0.15) is 12.8 Å². The summed E-state index contributed by atoms with van der Waals surface area (Å²) in [5.74, 6) is 0.879. The van der Waals surface area contributed by atoms with Crippen LogP contribution in [0, 0.1) is 10.1 Å². The number of hydrogen-bond acceptors (Lipinski definition) is 4. The van der Waals surface area contributed by atoms with Gasteiger partial charge in [0.1, 0.15) is 0 Å². The zero-order valence-corrected chi connectivity index (χ0v) is 5.60. The van der Waals surface area contributed by atoms with Crippen LogP contribution in [-0.2, 0) is 4.18 Å². The van der Waals surface area contributed by atoms with Crippen LogP contribution in [0.2, 0.25) is 0 Å². The van der Waals surface area contributed by atoms with Crippen molar-refractivity contribution in [1.82, 2.24) is 0 Å². The van der Waals surface area contributed by atoms with Crippen LogP contribution in [-0.4, -0.2) is 16.9 Å². The minimum atomic E-state index is -0.760. The second kappa shape index (κ2) is 3.03. The molecular weight excluding hydrogens is 142 g/mol.